The maximum atomic E-state index is 4.09. The van der Waals surface area contributed by atoms with E-state index in [2.05, 4.69) is 41.2 Å². The summed E-state index contributed by atoms with van der Waals surface area (Å²) in [5.74, 6) is 4.60. The highest BCUT2D eigenvalue weighted by molar-refractivity contribution is 4.92. The molecule has 0 aliphatic heterocycles. The standard InChI is InChI=1S/C19H36/c1-7-8-9-18-13-19(11-10-15(18)4)17(6)16(5)12-14(2)3/h15-19H,2,7-13H2,1,3-6H3. The van der Waals surface area contributed by atoms with Crippen LogP contribution in [0.1, 0.15) is 79.6 Å². The van der Waals surface area contributed by atoms with Gasteiger partial charge in [0.15, 0.2) is 0 Å². The van der Waals surface area contributed by atoms with Gasteiger partial charge in [-0.05, 0) is 55.8 Å². The Kier molecular flexibility index (Phi) is 7.18. The average Bonchev–Trinajstić information content (AvgIpc) is 2.36. The molecule has 0 radical (unpaired) electrons. The molecule has 0 heteroatoms. The quantitative estimate of drug-likeness (QED) is 0.462. The first-order valence-electron chi connectivity index (χ1n) is 8.60. The van der Waals surface area contributed by atoms with Crippen molar-refractivity contribution >= 4 is 0 Å². The van der Waals surface area contributed by atoms with E-state index in [0.717, 1.165) is 29.6 Å². The molecule has 0 aromatic carbocycles. The fraction of sp³-hybridized carbons (Fsp3) is 0.895. The predicted octanol–water partition coefficient (Wildman–Crippen LogP) is 6.47. The summed E-state index contributed by atoms with van der Waals surface area (Å²) in [6.45, 7) is 16.0. The van der Waals surface area contributed by atoms with Crippen LogP contribution in [-0.2, 0) is 0 Å². The van der Waals surface area contributed by atoms with Crippen molar-refractivity contribution in [3.8, 4) is 0 Å². The minimum absolute atomic E-state index is 0.808. The van der Waals surface area contributed by atoms with Gasteiger partial charge in [0.05, 0.1) is 0 Å². The highest BCUT2D eigenvalue weighted by Gasteiger charge is 2.31. The minimum atomic E-state index is 0.808. The normalized spacial score (nSPS) is 30.9. The van der Waals surface area contributed by atoms with E-state index in [1.807, 2.05) is 0 Å². The van der Waals surface area contributed by atoms with Gasteiger partial charge in [0, 0.05) is 0 Å². The van der Waals surface area contributed by atoms with Crippen molar-refractivity contribution in [1.29, 1.82) is 0 Å². The Bertz CT molecular complexity index is 265. The van der Waals surface area contributed by atoms with Crippen LogP contribution in [0.3, 0.4) is 0 Å². The van der Waals surface area contributed by atoms with Gasteiger partial charge >= 0.3 is 0 Å². The van der Waals surface area contributed by atoms with Crippen molar-refractivity contribution in [1.82, 2.24) is 0 Å². The summed E-state index contributed by atoms with van der Waals surface area (Å²) in [7, 11) is 0. The fourth-order valence-electron chi connectivity index (χ4n) is 4.00. The summed E-state index contributed by atoms with van der Waals surface area (Å²) in [6.07, 6.45) is 9.88. The summed E-state index contributed by atoms with van der Waals surface area (Å²) >= 11 is 0. The Hall–Kier alpha value is -0.260. The average molecular weight is 264 g/mol. The van der Waals surface area contributed by atoms with E-state index in [1.165, 1.54) is 50.5 Å². The second-order valence-corrected chi connectivity index (χ2v) is 7.45. The molecular weight excluding hydrogens is 228 g/mol. The second kappa shape index (κ2) is 8.12. The summed E-state index contributed by atoms with van der Waals surface area (Å²) in [5.41, 5.74) is 1.35. The molecule has 0 spiro atoms. The maximum Gasteiger partial charge on any atom is -0.0297 e. The van der Waals surface area contributed by atoms with E-state index in [0.29, 0.717) is 0 Å². The zero-order valence-corrected chi connectivity index (χ0v) is 14.0. The number of allylic oxidation sites excluding steroid dienone is 1. The van der Waals surface area contributed by atoms with Crippen molar-refractivity contribution in [2.75, 3.05) is 0 Å². The first-order valence-corrected chi connectivity index (χ1v) is 8.60. The molecule has 1 aliphatic rings. The van der Waals surface area contributed by atoms with E-state index in [-0.39, 0.29) is 0 Å². The van der Waals surface area contributed by atoms with Crippen molar-refractivity contribution in [3.63, 3.8) is 0 Å². The number of unbranched alkanes of at least 4 members (excludes halogenated alkanes) is 1. The van der Waals surface area contributed by atoms with Crippen molar-refractivity contribution in [2.45, 2.75) is 79.6 Å². The fourth-order valence-corrected chi connectivity index (χ4v) is 4.00. The molecule has 0 bridgehead atoms. The summed E-state index contributed by atoms with van der Waals surface area (Å²) in [4.78, 5) is 0. The van der Waals surface area contributed by atoms with E-state index in [4.69, 9.17) is 0 Å². The van der Waals surface area contributed by atoms with Gasteiger partial charge in [-0.3, -0.25) is 0 Å². The van der Waals surface area contributed by atoms with E-state index >= 15 is 0 Å². The Balaban J connectivity index is 2.51. The number of hydrogen-bond acceptors (Lipinski definition) is 0. The van der Waals surface area contributed by atoms with Crippen molar-refractivity contribution in [2.24, 2.45) is 29.6 Å². The Morgan fingerprint density at radius 3 is 2.53 bits per heavy atom. The lowest BCUT2D eigenvalue weighted by Crippen LogP contribution is -2.29. The molecule has 1 saturated carbocycles. The van der Waals surface area contributed by atoms with Crippen molar-refractivity contribution in [3.05, 3.63) is 12.2 Å². The van der Waals surface area contributed by atoms with Gasteiger partial charge in [-0.25, -0.2) is 0 Å². The maximum absolute atomic E-state index is 4.09. The lowest BCUT2D eigenvalue weighted by molar-refractivity contribution is 0.118. The molecule has 112 valence electrons. The second-order valence-electron chi connectivity index (χ2n) is 7.45. The summed E-state index contributed by atoms with van der Waals surface area (Å²) in [6, 6.07) is 0. The molecule has 19 heavy (non-hydrogen) atoms. The molecule has 1 aliphatic carbocycles. The number of rotatable bonds is 7. The van der Waals surface area contributed by atoms with Gasteiger partial charge in [0.25, 0.3) is 0 Å². The topological polar surface area (TPSA) is 0 Å². The smallest absolute Gasteiger partial charge is 0.0297 e. The van der Waals surface area contributed by atoms with Crippen LogP contribution >= 0.6 is 0 Å². The van der Waals surface area contributed by atoms with Crippen LogP contribution in [0.2, 0.25) is 0 Å². The van der Waals surface area contributed by atoms with Crippen LogP contribution < -0.4 is 0 Å². The monoisotopic (exact) mass is 264 g/mol. The van der Waals surface area contributed by atoms with E-state index < -0.39 is 0 Å². The van der Waals surface area contributed by atoms with Crippen molar-refractivity contribution < 1.29 is 0 Å². The van der Waals surface area contributed by atoms with Gasteiger partial charge in [-0.2, -0.15) is 0 Å². The van der Waals surface area contributed by atoms with Crippen LogP contribution in [0.15, 0.2) is 12.2 Å². The van der Waals surface area contributed by atoms with Gasteiger partial charge in [0.1, 0.15) is 0 Å². The van der Waals surface area contributed by atoms with Crippen LogP contribution in [0.25, 0.3) is 0 Å². The molecule has 0 saturated heterocycles. The lowest BCUT2D eigenvalue weighted by Gasteiger charge is -2.39. The lowest BCUT2D eigenvalue weighted by atomic mass is 9.66. The van der Waals surface area contributed by atoms with Gasteiger partial charge in [-0.1, -0.05) is 59.0 Å². The molecule has 1 fully saturated rings. The molecule has 0 heterocycles. The summed E-state index contributed by atoms with van der Waals surface area (Å²) < 4.78 is 0. The summed E-state index contributed by atoms with van der Waals surface area (Å²) in [5, 5.41) is 0. The van der Waals surface area contributed by atoms with Crippen LogP contribution in [0.4, 0.5) is 0 Å². The molecule has 0 N–H and O–H groups in total. The molecule has 5 atom stereocenters. The van der Waals surface area contributed by atoms with Gasteiger partial charge in [-0.15, -0.1) is 6.58 Å². The predicted molar refractivity (Wildman–Crippen MR) is 87.3 cm³/mol. The van der Waals surface area contributed by atoms with Crippen LogP contribution in [-0.4, -0.2) is 0 Å². The van der Waals surface area contributed by atoms with E-state index in [9.17, 15) is 0 Å². The van der Waals surface area contributed by atoms with E-state index in [1.54, 1.807) is 0 Å². The zero-order valence-electron chi connectivity index (χ0n) is 14.0. The molecule has 0 aromatic heterocycles. The zero-order chi connectivity index (χ0) is 14.4. The highest BCUT2D eigenvalue weighted by Crippen LogP contribution is 2.42. The molecular formula is C19H36. The minimum Gasteiger partial charge on any atom is -0.100 e. The Labute approximate surface area is 122 Å². The molecule has 5 unspecified atom stereocenters. The molecule has 0 aromatic rings. The largest absolute Gasteiger partial charge is 0.100 e. The number of hydrogen-bond donors (Lipinski definition) is 0. The third-order valence-electron chi connectivity index (χ3n) is 5.64. The SMILES string of the molecule is C=C(C)CC(C)C(C)C1CCC(C)C(CCCC)C1. The van der Waals surface area contributed by atoms with Gasteiger partial charge in [0.2, 0.25) is 0 Å². The first-order chi connectivity index (χ1) is 8.95. The van der Waals surface area contributed by atoms with Gasteiger partial charge < -0.3 is 0 Å². The first kappa shape index (κ1) is 16.8. The van der Waals surface area contributed by atoms with Crippen LogP contribution in [0.5, 0.6) is 0 Å². The van der Waals surface area contributed by atoms with Crippen LogP contribution in [0, 0.1) is 29.6 Å². The third kappa shape index (κ3) is 5.32. The highest BCUT2D eigenvalue weighted by atomic mass is 14.4. The third-order valence-corrected chi connectivity index (χ3v) is 5.64. The Morgan fingerprint density at radius 1 is 1.26 bits per heavy atom. The molecule has 0 nitrogen and oxygen atoms in total. The molecule has 0 amide bonds. The Morgan fingerprint density at radius 2 is 1.95 bits per heavy atom. The molecule has 1 rings (SSSR count).